The fourth-order valence-corrected chi connectivity index (χ4v) is 4.26. The molecule has 2 N–H and O–H groups in total. The Kier molecular flexibility index (Phi) is 3.79. The van der Waals surface area contributed by atoms with Crippen LogP contribution < -0.4 is 5.73 Å². The van der Waals surface area contributed by atoms with Gasteiger partial charge in [-0.05, 0) is 29.8 Å². The molecule has 2 rings (SSSR count). The second kappa shape index (κ2) is 4.99. The number of nitrogen functional groups attached to an aromatic ring is 1. The molecule has 4 nitrogen and oxygen atoms in total. The quantitative estimate of drug-likeness (QED) is 0.877. The van der Waals surface area contributed by atoms with E-state index in [1.165, 1.54) is 21.2 Å². The van der Waals surface area contributed by atoms with Gasteiger partial charge in [0.1, 0.15) is 0 Å². The number of aromatic nitrogens is 3. The number of thiazole rings is 1. The van der Waals surface area contributed by atoms with Gasteiger partial charge in [0.2, 0.25) is 0 Å². The van der Waals surface area contributed by atoms with E-state index in [2.05, 4.69) is 26.0 Å². The topological polar surface area (TPSA) is 56.7 Å². The predicted octanol–water partition coefficient (Wildman–Crippen LogP) is 3.13. The van der Waals surface area contributed by atoms with Gasteiger partial charge in [0.25, 0.3) is 0 Å². The highest BCUT2D eigenvalue weighted by atomic mass is 79.9. The molecule has 0 bridgehead atoms. The molecule has 0 aliphatic carbocycles. The fourth-order valence-electron chi connectivity index (χ4n) is 1.51. The molecule has 0 fully saturated rings. The third kappa shape index (κ3) is 2.66. The average molecular weight is 333 g/mol. The molecule has 0 radical (unpaired) electrons. The number of hydrogen-bond donors (Lipinski definition) is 1. The lowest BCUT2D eigenvalue weighted by molar-refractivity contribution is 0.727. The third-order valence-corrected chi connectivity index (χ3v) is 5.76. The number of aryl methyl sites for hydroxylation is 3. The molecular weight excluding hydrogens is 320 g/mol. The normalized spacial score (nSPS) is 11.1. The van der Waals surface area contributed by atoms with E-state index >= 15 is 0 Å². The Morgan fingerprint density at radius 2 is 2.12 bits per heavy atom. The molecule has 0 aliphatic rings. The SMILES string of the molecule is Cc1nc(N)sc1SCc1c(Br)c(C)nn1C. The number of halogens is 1. The molecular formula is C10H13BrN4S2. The molecule has 0 aromatic carbocycles. The van der Waals surface area contributed by atoms with Crippen LogP contribution in [0.2, 0.25) is 0 Å². The van der Waals surface area contributed by atoms with Crippen LogP contribution in [0.4, 0.5) is 5.13 Å². The summed E-state index contributed by atoms with van der Waals surface area (Å²) in [5.41, 5.74) is 8.88. The molecule has 0 saturated heterocycles. The highest BCUT2D eigenvalue weighted by Gasteiger charge is 2.13. The molecule has 2 aromatic heterocycles. The van der Waals surface area contributed by atoms with Crippen molar-refractivity contribution in [2.45, 2.75) is 23.8 Å². The van der Waals surface area contributed by atoms with Crippen LogP contribution in [-0.2, 0) is 12.8 Å². The number of hydrogen-bond acceptors (Lipinski definition) is 5. The summed E-state index contributed by atoms with van der Waals surface area (Å²) >= 11 is 6.85. The Morgan fingerprint density at radius 3 is 2.59 bits per heavy atom. The summed E-state index contributed by atoms with van der Waals surface area (Å²) in [7, 11) is 1.96. The molecule has 0 atom stereocenters. The van der Waals surface area contributed by atoms with E-state index in [1.807, 2.05) is 25.6 Å². The van der Waals surface area contributed by atoms with E-state index in [0.29, 0.717) is 5.13 Å². The first-order valence-corrected chi connectivity index (χ1v) is 7.62. The monoisotopic (exact) mass is 332 g/mol. The van der Waals surface area contributed by atoms with Crippen LogP contribution in [0.5, 0.6) is 0 Å². The van der Waals surface area contributed by atoms with Crippen molar-refractivity contribution in [3.05, 3.63) is 21.6 Å². The highest BCUT2D eigenvalue weighted by Crippen LogP contribution is 2.34. The van der Waals surface area contributed by atoms with Crippen molar-refractivity contribution in [2.75, 3.05) is 5.73 Å². The minimum Gasteiger partial charge on any atom is -0.375 e. The van der Waals surface area contributed by atoms with Gasteiger partial charge in [-0.2, -0.15) is 5.10 Å². The molecule has 7 heteroatoms. The van der Waals surface area contributed by atoms with Crippen molar-refractivity contribution in [2.24, 2.45) is 7.05 Å². The van der Waals surface area contributed by atoms with Crippen LogP contribution in [0.3, 0.4) is 0 Å². The second-order valence-electron chi connectivity index (χ2n) is 3.68. The molecule has 2 heterocycles. The summed E-state index contributed by atoms with van der Waals surface area (Å²) in [6, 6.07) is 0. The maximum Gasteiger partial charge on any atom is 0.181 e. The van der Waals surface area contributed by atoms with Gasteiger partial charge in [0.05, 0.1) is 25.8 Å². The number of thioether (sulfide) groups is 1. The van der Waals surface area contributed by atoms with Crippen LogP contribution in [0.1, 0.15) is 17.1 Å². The summed E-state index contributed by atoms with van der Waals surface area (Å²) in [4.78, 5) is 4.21. The highest BCUT2D eigenvalue weighted by molar-refractivity contribution is 9.10. The first-order valence-electron chi connectivity index (χ1n) is 5.02. The minimum atomic E-state index is 0.630. The van der Waals surface area contributed by atoms with Crippen LogP contribution in [0.25, 0.3) is 0 Å². The standard InChI is InChI=1S/C10H13BrN4S2/c1-5-8(11)7(15(3)14-5)4-16-9-6(2)13-10(12)17-9/h4H2,1-3H3,(H2,12,13). The smallest absolute Gasteiger partial charge is 0.181 e. The summed E-state index contributed by atoms with van der Waals surface area (Å²) in [5.74, 6) is 0.862. The lowest BCUT2D eigenvalue weighted by Gasteiger charge is -2.01. The summed E-state index contributed by atoms with van der Waals surface area (Å²) in [6.45, 7) is 3.98. The predicted molar refractivity (Wildman–Crippen MR) is 76.5 cm³/mol. The van der Waals surface area contributed by atoms with Crippen molar-refractivity contribution in [1.29, 1.82) is 0 Å². The minimum absolute atomic E-state index is 0.630. The molecule has 0 spiro atoms. The van der Waals surface area contributed by atoms with Gasteiger partial charge in [-0.3, -0.25) is 4.68 Å². The van der Waals surface area contributed by atoms with E-state index in [1.54, 1.807) is 11.8 Å². The first-order chi connectivity index (χ1) is 7.99. The lowest BCUT2D eigenvalue weighted by Crippen LogP contribution is -1.96. The van der Waals surface area contributed by atoms with Crippen LogP contribution >= 0.6 is 39.0 Å². The Morgan fingerprint density at radius 1 is 1.41 bits per heavy atom. The van der Waals surface area contributed by atoms with Crippen LogP contribution in [0, 0.1) is 13.8 Å². The van der Waals surface area contributed by atoms with Gasteiger partial charge in [0.15, 0.2) is 5.13 Å². The average Bonchev–Trinajstić information content (AvgIpc) is 2.67. The van der Waals surface area contributed by atoms with Crippen molar-refractivity contribution in [3.8, 4) is 0 Å². The van der Waals surface area contributed by atoms with E-state index < -0.39 is 0 Å². The van der Waals surface area contributed by atoms with Gasteiger partial charge in [0, 0.05) is 12.8 Å². The molecule has 92 valence electrons. The van der Waals surface area contributed by atoms with Gasteiger partial charge in [-0.1, -0.05) is 11.3 Å². The van der Waals surface area contributed by atoms with E-state index in [-0.39, 0.29) is 0 Å². The maximum absolute atomic E-state index is 5.68. The second-order valence-corrected chi connectivity index (χ2v) is 6.75. The largest absolute Gasteiger partial charge is 0.375 e. The zero-order chi connectivity index (χ0) is 12.6. The molecule has 2 aromatic rings. The van der Waals surface area contributed by atoms with Crippen molar-refractivity contribution in [3.63, 3.8) is 0 Å². The van der Waals surface area contributed by atoms with Gasteiger partial charge in [-0.15, -0.1) is 11.8 Å². The molecule has 0 aliphatic heterocycles. The zero-order valence-corrected chi connectivity index (χ0v) is 13.0. The summed E-state index contributed by atoms with van der Waals surface area (Å²) in [5, 5.41) is 5.00. The molecule has 0 saturated carbocycles. The molecule has 0 amide bonds. The Labute approximate surface area is 117 Å². The van der Waals surface area contributed by atoms with E-state index in [4.69, 9.17) is 5.73 Å². The number of anilines is 1. The first kappa shape index (κ1) is 12.9. The Hall–Kier alpha value is -0.530. The summed E-state index contributed by atoms with van der Waals surface area (Å²) in [6.07, 6.45) is 0. The van der Waals surface area contributed by atoms with E-state index in [0.717, 1.165) is 21.6 Å². The van der Waals surface area contributed by atoms with Gasteiger partial charge < -0.3 is 5.73 Å². The van der Waals surface area contributed by atoms with Crippen molar-refractivity contribution < 1.29 is 0 Å². The van der Waals surface area contributed by atoms with Crippen LogP contribution in [0.15, 0.2) is 8.68 Å². The van der Waals surface area contributed by atoms with Crippen molar-refractivity contribution >= 4 is 44.2 Å². The third-order valence-electron chi connectivity index (χ3n) is 2.37. The molecule has 17 heavy (non-hydrogen) atoms. The van der Waals surface area contributed by atoms with Crippen molar-refractivity contribution in [1.82, 2.24) is 14.8 Å². The Balaban J connectivity index is 2.15. The lowest BCUT2D eigenvalue weighted by atomic mass is 10.4. The van der Waals surface area contributed by atoms with Gasteiger partial charge >= 0.3 is 0 Å². The number of rotatable bonds is 3. The summed E-state index contributed by atoms with van der Waals surface area (Å²) < 4.78 is 4.17. The molecule has 0 unspecified atom stereocenters. The maximum atomic E-state index is 5.68. The van der Waals surface area contributed by atoms with E-state index in [9.17, 15) is 0 Å². The Bertz CT molecular complexity index is 547. The number of nitrogens with two attached hydrogens (primary N) is 1. The van der Waals surface area contributed by atoms with Gasteiger partial charge in [-0.25, -0.2) is 4.98 Å². The fraction of sp³-hybridized carbons (Fsp3) is 0.400. The zero-order valence-electron chi connectivity index (χ0n) is 9.82. The van der Waals surface area contributed by atoms with Crippen LogP contribution in [-0.4, -0.2) is 14.8 Å². The number of nitrogens with zero attached hydrogens (tertiary/aromatic N) is 3.